The van der Waals surface area contributed by atoms with Crippen molar-refractivity contribution in [2.45, 2.75) is 51.6 Å². The first kappa shape index (κ1) is 18.3. The molecule has 2 unspecified atom stereocenters. The Morgan fingerprint density at radius 2 is 1.96 bits per heavy atom. The van der Waals surface area contributed by atoms with E-state index in [4.69, 9.17) is 5.73 Å². The van der Waals surface area contributed by atoms with Gasteiger partial charge < -0.3 is 21.3 Å². The number of carbonyl (C=O) groups is 2. The van der Waals surface area contributed by atoms with E-state index < -0.39 is 12.1 Å². The van der Waals surface area contributed by atoms with Gasteiger partial charge in [-0.25, -0.2) is 0 Å². The molecule has 0 aliphatic carbocycles. The van der Waals surface area contributed by atoms with Gasteiger partial charge in [-0.1, -0.05) is 19.4 Å². The van der Waals surface area contributed by atoms with E-state index in [0.717, 1.165) is 30.9 Å². The number of nitrogens with two attached hydrogens (primary N) is 1. The number of carbonyl (C=O) groups excluding carboxylic acids is 2. The van der Waals surface area contributed by atoms with Crippen LogP contribution in [0, 0.1) is 0 Å². The van der Waals surface area contributed by atoms with Gasteiger partial charge in [0, 0.05) is 24.5 Å². The molecule has 1 aliphatic heterocycles. The third-order valence-electron chi connectivity index (χ3n) is 4.21. The molecular formula is C18H28N4O2. The minimum atomic E-state index is -0.629. The fourth-order valence-electron chi connectivity index (χ4n) is 2.85. The molecule has 132 valence electrons. The van der Waals surface area contributed by atoms with Crippen LogP contribution in [0.15, 0.2) is 24.3 Å². The molecule has 6 nitrogen and oxygen atoms in total. The first-order chi connectivity index (χ1) is 11.5. The van der Waals surface area contributed by atoms with Gasteiger partial charge in [0.2, 0.25) is 11.8 Å². The van der Waals surface area contributed by atoms with Gasteiger partial charge >= 0.3 is 0 Å². The third kappa shape index (κ3) is 4.96. The third-order valence-corrected chi connectivity index (χ3v) is 4.21. The minimum absolute atomic E-state index is 0.204. The van der Waals surface area contributed by atoms with Crippen LogP contribution in [-0.2, 0) is 9.59 Å². The Labute approximate surface area is 143 Å². The van der Waals surface area contributed by atoms with Crippen LogP contribution in [-0.4, -0.2) is 37.0 Å². The molecule has 4 N–H and O–H groups in total. The van der Waals surface area contributed by atoms with E-state index in [0.29, 0.717) is 6.42 Å². The highest BCUT2D eigenvalue weighted by Gasteiger charge is 2.22. The van der Waals surface area contributed by atoms with Gasteiger partial charge in [0.15, 0.2) is 0 Å². The van der Waals surface area contributed by atoms with Crippen molar-refractivity contribution in [1.82, 2.24) is 5.32 Å². The van der Waals surface area contributed by atoms with Crippen LogP contribution in [0.3, 0.4) is 0 Å². The molecule has 24 heavy (non-hydrogen) atoms. The van der Waals surface area contributed by atoms with Crippen molar-refractivity contribution in [2.75, 3.05) is 23.3 Å². The second kappa shape index (κ2) is 8.68. The van der Waals surface area contributed by atoms with Gasteiger partial charge in [-0.15, -0.1) is 0 Å². The number of rotatable bonds is 7. The number of nitrogens with one attached hydrogen (secondary N) is 2. The molecule has 1 aromatic rings. The van der Waals surface area contributed by atoms with Gasteiger partial charge in [-0.3, -0.25) is 9.59 Å². The maximum absolute atomic E-state index is 12.5. The Balaban J connectivity index is 2.02. The van der Waals surface area contributed by atoms with E-state index in [1.54, 1.807) is 6.92 Å². The molecule has 1 saturated heterocycles. The largest absolute Gasteiger partial charge is 0.371 e. The average Bonchev–Trinajstić information content (AvgIpc) is 3.09. The molecule has 0 aromatic heterocycles. The summed E-state index contributed by atoms with van der Waals surface area (Å²) < 4.78 is 0. The summed E-state index contributed by atoms with van der Waals surface area (Å²) in [6.07, 6.45) is 3.79. The van der Waals surface area contributed by atoms with Crippen LogP contribution >= 0.6 is 0 Å². The number of benzene rings is 1. The second-order valence-electron chi connectivity index (χ2n) is 6.37. The highest BCUT2D eigenvalue weighted by Crippen LogP contribution is 2.23. The Hall–Kier alpha value is -2.08. The maximum atomic E-state index is 12.5. The van der Waals surface area contributed by atoms with E-state index in [1.165, 1.54) is 12.8 Å². The molecule has 1 aliphatic rings. The van der Waals surface area contributed by atoms with Crippen LogP contribution < -0.4 is 21.3 Å². The topological polar surface area (TPSA) is 87.5 Å². The summed E-state index contributed by atoms with van der Waals surface area (Å²) in [5, 5.41) is 5.63. The van der Waals surface area contributed by atoms with Crippen LogP contribution in [0.1, 0.15) is 39.5 Å². The average molecular weight is 332 g/mol. The van der Waals surface area contributed by atoms with E-state index in [2.05, 4.69) is 21.6 Å². The summed E-state index contributed by atoms with van der Waals surface area (Å²) in [5.41, 5.74) is 7.45. The zero-order valence-corrected chi connectivity index (χ0v) is 14.5. The van der Waals surface area contributed by atoms with Crippen molar-refractivity contribution in [1.29, 1.82) is 0 Å². The lowest BCUT2D eigenvalue weighted by Gasteiger charge is -2.21. The van der Waals surface area contributed by atoms with E-state index in [-0.39, 0.29) is 11.8 Å². The Kier molecular flexibility index (Phi) is 6.61. The lowest BCUT2D eigenvalue weighted by Crippen LogP contribution is -2.49. The molecule has 2 rings (SSSR count). The first-order valence-corrected chi connectivity index (χ1v) is 8.73. The second-order valence-corrected chi connectivity index (χ2v) is 6.37. The fourth-order valence-corrected chi connectivity index (χ4v) is 2.85. The number of hydrogen-bond donors (Lipinski definition) is 3. The number of amides is 2. The SMILES string of the molecule is CCCC(NC(=O)C(C)N)C(=O)Nc1cccc(N2CCCC2)c1. The van der Waals surface area contributed by atoms with Crippen molar-refractivity contribution in [2.24, 2.45) is 5.73 Å². The summed E-state index contributed by atoms with van der Waals surface area (Å²) in [5.74, 6) is -0.515. The molecule has 2 amide bonds. The molecule has 0 radical (unpaired) electrons. The quantitative estimate of drug-likeness (QED) is 0.711. The normalized spacial score (nSPS) is 16.5. The predicted octanol–water partition coefficient (Wildman–Crippen LogP) is 1.86. The highest BCUT2D eigenvalue weighted by molar-refractivity contribution is 5.98. The Morgan fingerprint density at radius 1 is 1.25 bits per heavy atom. The molecule has 1 aromatic carbocycles. The van der Waals surface area contributed by atoms with Gasteiger partial charge in [0.25, 0.3) is 0 Å². The van der Waals surface area contributed by atoms with Crippen molar-refractivity contribution < 1.29 is 9.59 Å². The van der Waals surface area contributed by atoms with Crippen LogP contribution in [0.4, 0.5) is 11.4 Å². The monoisotopic (exact) mass is 332 g/mol. The van der Waals surface area contributed by atoms with Crippen molar-refractivity contribution >= 4 is 23.2 Å². The Bertz CT molecular complexity index is 568. The van der Waals surface area contributed by atoms with Gasteiger partial charge in [0.1, 0.15) is 6.04 Å². The Morgan fingerprint density at radius 3 is 2.58 bits per heavy atom. The van der Waals surface area contributed by atoms with Crippen molar-refractivity contribution in [3.8, 4) is 0 Å². The van der Waals surface area contributed by atoms with E-state index in [9.17, 15) is 9.59 Å². The number of nitrogens with zero attached hydrogens (tertiary/aromatic N) is 1. The molecule has 1 fully saturated rings. The summed E-state index contributed by atoms with van der Waals surface area (Å²) in [7, 11) is 0. The number of hydrogen-bond acceptors (Lipinski definition) is 4. The summed E-state index contributed by atoms with van der Waals surface area (Å²) >= 11 is 0. The van der Waals surface area contributed by atoms with Crippen molar-refractivity contribution in [3.63, 3.8) is 0 Å². The first-order valence-electron chi connectivity index (χ1n) is 8.73. The molecule has 2 atom stereocenters. The molecule has 0 spiro atoms. The van der Waals surface area contributed by atoms with Gasteiger partial charge in [0.05, 0.1) is 6.04 Å². The lowest BCUT2D eigenvalue weighted by molar-refractivity contribution is -0.127. The van der Waals surface area contributed by atoms with Crippen LogP contribution in [0.5, 0.6) is 0 Å². The lowest BCUT2D eigenvalue weighted by atomic mass is 10.1. The fraction of sp³-hybridized carbons (Fsp3) is 0.556. The van der Waals surface area contributed by atoms with Crippen LogP contribution in [0.25, 0.3) is 0 Å². The summed E-state index contributed by atoms with van der Waals surface area (Å²) in [6, 6.07) is 6.66. The molecule has 0 bridgehead atoms. The van der Waals surface area contributed by atoms with Gasteiger partial charge in [-0.2, -0.15) is 0 Å². The molecule has 0 saturated carbocycles. The summed E-state index contributed by atoms with van der Waals surface area (Å²) in [4.78, 5) is 26.6. The predicted molar refractivity (Wildman–Crippen MR) is 97.0 cm³/mol. The summed E-state index contributed by atoms with van der Waals surface area (Å²) in [6.45, 7) is 5.70. The van der Waals surface area contributed by atoms with E-state index >= 15 is 0 Å². The zero-order chi connectivity index (χ0) is 17.5. The van der Waals surface area contributed by atoms with Gasteiger partial charge in [-0.05, 0) is 44.4 Å². The minimum Gasteiger partial charge on any atom is -0.371 e. The zero-order valence-electron chi connectivity index (χ0n) is 14.5. The highest BCUT2D eigenvalue weighted by atomic mass is 16.2. The van der Waals surface area contributed by atoms with Crippen LogP contribution in [0.2, 0.25) is 0 Å². The molecule has 6 heteroatoms. The molecular weight excluding hydrogens is 304 g/mol. The number of anilines is 2. The maximum Gasteiger partial charge on any atom is 0.246 e. The molecule has 1 heterocycles. The van der Waals surface area contributed by atoms with Crippen molar-refractivity contribution in [3.05, 3.63) is 24.3 Å². The smallest absolute Gasteiger partial charge is 0.246 e. The standard InChI is InChI=1S/C18H28N4O2/c1-3-7-16(21-17(23)13(2)19)18(24)20-14-8-6-9-15(12-14)22-10-4-5-11-22/h6,8-9,12-13,16H,3-5,7,10-11,19H2,1-2H3,(H,20,24)(H,21,23). The van der Waals surface area contributed by atoms with E-state index in [1.807, 2.05) is 25.1 Å².